The van der Waals surface area contributed by atoms with E-state index >= 15 is 0 Å². The van der Waals surface area contributed by atoms with Gasteiger partial charge in [0.15, 0.2) is 0 Å². The monoisotopic (exact) mass is 442 g/mol. The average Bonchev–Trinajstić information content (AvgIpc) is 3.20. The van der Waals surface area contributed by atoms with Crippen molar-refractivity contribution in [1.29, 1.82) is 0 Å². The Balaban J connectivity index is 1.45. The van der Waals surface area contributed by atoms with Gasteiger partial charge in [-0.05, 0) is 68.7 Å². The van der Waals surface area contributed by atoms with Crippen LogP contribution in [0.2, 0.25) is 0 Å². The van der Waals surface area contributed by atoms with Gasteiger partial charge >= 0.3 is 6.01 Å². The van der Waals surface area contributed by atoms with Gasteiger partial charge in [-0.1, -0.05) is 23.0 Å². The molecule has 0 amide bonds. The third-order valence-corrected chi connectivity index (χ3v) is 6.29. The maximum atomic E-state index is 6.46. The van der Waals surface area contributed by atoms with Gasteiger partial charge in [0.2, 0.25) is 0 Å². The topological polar surface area (TPSA) is 130 Å². The predicted molar refractivity (Wildman–Crippen MR) is 120 cm³/mol. The van der Waals surface area contributed by atoms with E-state index in [-0.39, 0.29) is 18.7 Å². The molecule has 0 aromatic carbocycles. The molecule has 0 unspecified atom stereocenters. The van der Waals surface area contributed by atoms with E-state index in [0.717, 1.165) is 24.3 Å². The van der Waals surface area contributed by atoms with Crippen molar-refractivity contribution >= 4 is 5.70 Å². The molecule has 0 atom stereocenters. The van der Waals surface area contributed by atoms with Gasteiger partial charge in [-0.25, -0.2) is 10.8 Å². The molecule has 2 fully saturated rings. The number of ether oxygens (including phenoxy) is 2. The molecule has 2 aliphatic carbocycles. The van der Waals surface area contributed by atoms with E-state index in [1.807, 2.05) is 19.1 Å². The quantitative estimate of drug-likeness (QED) is 0.444. The highest BCUT2D eigenvalue weighted by Gasteiger charge is 2.20. The van der Waals surface area contributed by atoms with Crippen molar-refractivity contribution in [3.8, 4) is 11.8 Å². The fourth-order valence-corrected chi connectivity index (χ4v) is 4.06. The number of hydrogen-bond donors (Lipinski definition) is 2. The lowest BCUT2D eigenvalue weighted by atomic mass is 9.86. The third kappa shape index (κ3) is 5.48. The molecule has 2 aromatic heterocycles. The van der Waals surface area contributed by atoms with Crippen molar-refractivity contribution in [1.82, 2.24) is 30.2 Å². The first kappa shape index (κ1) is 22.3. The highest BCUT2D eigenvalue weighted by molar-refractivity contribution is 5.63. The number of aromatic nitrogens is 5. The summed E-state index contributed by atoms with van der Waals surface area (Å²) in [6, 6.07) is 4.08. The summed E-state index contributed by atoms with van der Waals surface area (Å²) in [5, 5.41) is 13.8. The van der Waals surface area contributed by atoms with Crippen LogP contribution < -0.4 is 21.1 Å². The van der Waals surface area contributed by atoms with Crippen molar-refractivity contribution in [2.75, 3.05) is 13.7 Å². The second-order valence-corrected chi connectivity index (χ2v) is 8.84. The van der Waals surface area contributed by atoms with Gasteiger partial charge in [-0.2, -0.15) is 4.80 Å². The Labute approximate surface area is 188 Å². The van der Waals surface area contributed by atoms with Crippen molar-refractivity contribution in [3.05, 3.63) is 29.2 Å². The number of pyridine rings is 1. The predicted octanol–water partition coefficient (Wildman–Crippen LogP) is 2.40. The molecule has 0 aliphatic heterocycles. The normalized spacial score (nSPS) is 18.1. The first-order valence-corrected chi connectivity index (χ1v) is 11.5. The summed E-state index contributed by atoms with van der Waals surface area (Å²) in [7, 11) is 1.72. The molecule has 4 N–H and O–H groups in total. The van der Waals surface area contributed by atoms with E-state index in [2.05, 4.69) is 20.4 Å². The summed E-state index contributed by atoms with van der Waals surface area (Å²) < 4.78 is 11.8. The van der Waals surface area contributed by atoms with Gasteiger partial charge in [0.25, 0.3) is 0 Å². The van der Waals surface area contributed by atoms with E-state index in [1.165, 1.54) is 48.3 Å². The van der Waals surface area contributed by atoms with Gasteiger partial charge in [0.05, 0.1) is 35.5 Å². The van der Waals surface area contributed by atoms with Crippen LogP contribution in [0.5, 0.6) is 11.8 Å². The molecule has 10 heteroatoms. The van der Waals surface area contributed by atoms with Crippen LogP contribution in [0.1, 0.15) is 62.8 Å². The first-order valence-electron chi connectivity index (χ1n) is 11.5. The molecule has 32 heavy (non-hydrogen) atoms. The molecular formula is C22H34N8O2. The minimum atomic E-state index is 0.250. The van der Waals surface area contributed by atoms with Gasteiger partial charge in [-0.15, -0.1) is 0 Å². The van der Waals surface area contributed by atoms with Crippen molar-refractivity contribution < 1.29 is 9.47 Å². The van der Waals surface area contributed by atoms with Crippen LogP contribution in [-0.2, 0) is 6.54 Å². The Kier molecular flexibility index (Phi) is 7.09. The minimum absolute atomic E-state index is 0.250. The Morgan fingerprint density at radius 1 is 1.16 bits per heavy atom. The Morgan fingerprint density at radius 2 is 1.94 bits per heavy atom. The number of hydrogen-bond acceptors (Lipinski definition) is 9. The lowest BCUT2D eigenvalue weighted by molar-refractivity contribution is 0.153. The summed E-state index contributed by atoms with van der Waals surface area (Å²) in [4.78, 5) is 6.10. The van der Waals surface area contributed by atoms with Gasteiger partial charge in [0, 0.05) is 7.05 Å². The lowest BCUT2D eigenvalue weighted by Gasteiger charge is -2.24. The molecule has 4 rings (SSSR count). The molecule has 2 saturated carbocycles. The molecule has 0 saturated heterocycles. The van der Waals surface area contributed by atoms with Crippen LogP contribution in [-0.4, -0.2) is 50.0 Å². The second kappa shape index (κ2) is 10.2. The number of hydrazine groups is 1. The number of nitrogens with two attached hydrogens (primary N) is 2. The first-order chi connectivity index (χ1) is 15.5. The largest absolute Gasteiger partial charge is 0.489 e. The summed E-state index contributed by atoms with van der Waals surface area (Å²) in [6.45, 7) is 2.82. The second-order valence-electron chi connectivity index (χ2n) is 8.84. The summed E-state index contributed by atoms with van der Waals surface area (Å²) >= 11 is 0. The van der Waals surface area contributed by atoms with Crippen LogP contribution in [0.3, 0.4) is 0 Å². The molecular weight excluding hydrogens is 408 g/mol. The van der Waals surface area contributed by atoms with Crippen LogP contribution in [0.15, 0.2) is 17.8 Å². The summed E-state index contributed by atoms with van der Waals surface area (Å²) in [5.41, 5.74) is 8.97. The van der Waals surface area contributed by atoms with Gasteiger partial charge in [-0.3, -0.25) is 0 Å². The van der Waals surface area contributed by atoms with Gasteiger partial charge < -0.3 is 20.2 Å². The van der Waals surface area contributed by atoms with Gasteiger partial charge in [0.1, 0.15) is 12.3 Å². The molecule has 174 valence electrons. The average molecular weight is 443 g/mol. The molecule has 2 aromatic rings. The Hall–Kier alpha value is -2.88. The van der Waals surface area contributed by atoms with E-state index in [4.69, 9.17) is 21.1 Å². The molecule has 0 spiro atoms. The van der Waals surface area contributed by atoms with Crippen LogP contribution in [0, 0.1) is 12.8 Å². The van der Waals surface area contributed by atoms with E-state index in [9.17, 15) is 0 Å². The molecule has 2 aliphatic rings. The van der Waals surface area contributed by atoms with E-state index in [1.54, 1.807) is 7.05 Å². The fourth-order valence-electron chi connectivity index (χ4n) is 4.06. The van der Waals surface area contributed by atoms with Crippen LogP contribution in [0.25, 0.3) is 5.70 Å². The van der Waals surface area contributed by atoms with E-state index in [0.29, 0.717) is 29.6 Å². The molecule has 0 radical (unpaired) electrons. The molecule has 10 nitrogen and oxygen atoms in total. The Bertz CT molecular complexity index is 932. The number of nitrogens with zero attached hydrogens (tertiary/aromatic N) is 6. The number of likely N-dealkylation sites (N-methyl/N-ethyl adjacent to an activating group) is 1. The summed E-state index contributed by atoms with van der Waals surface area (Å²) in [5.74, 6) is 7.47. The number of tetrazole rings is 1. The standard InChI is InChI=1S/C22H34N8O2/c1-15-20(32-17-9-4-3-5-10-17)12-11-18(25-15)21(23)19(29(2)24)13-30-27-22(26-28-30)31-14-16-7-6-8-16/h11-12,16-17H,3-10,13-14,23-24H2,1-2H3/b21-19-. The summed E-state index contributed by atoms with van der Waals surface area (Å²) in [6.07, 6.45) is 9.88. The van der Waals surface area contributed by atoms with Crippen LogP contribution >= 0.6 is 0 Å². The van der Waals surface area contributed by atoms with Crippen molar-refractivity contribution in [2.24, 2.45) is 17.5 Å². The van der Waals surface area contributed by atoms with Crippen LogP contribution in [0.4, 0.5) is 0 Å². The maximum absolute atomic E-state index is 6.46. The third-order valence-electron chi connectivity index (χ3n) is 6.29. The fraction of sp³-hybridized carbons (Fsp3) is 0.636. The zero-order chi connectivity index (χ0) is 22.5. The highest BCUT2D eigenvalue weighted by Crippen LogP contribution is 2.27. The van der Waals surface area contributed by atoms with E-state index < -0.39 is 0 Å². The SMILES string of the molecule is Cc1nc(/C(N)=C(\Cn2nnc(OCC3CCC3)n2)N(C)N)ccc1OC1CCCCC1. The number of aryl methyl sites for hydroxylation is 1. The molecule has 0 bridgehead atoms. The lowest BCUT2D eigenvalue weighted by Crippen LogP contribution is -2.31. The number of allylic oxidation sites excluding steroid dienone is 1. The smallest absolute Gasteiger partial charge is 0.356 e. The zero-order valence-corrected chi connectivity index (χ0v) is 19.0. The molecule has 2 heterocycles. The van der Waals surface area contributed by atoms with Crippen molar-refractivity contribution in [3.63, 3.8) is 0 Å². The highest BCUT2D eigenvalue weighted by atomic mass is 16.5. The minimum Gasteiger partial charge on any atom is -0.489 e. The number of rotatable bonds is 9. The maximum Gasteiger partial charge on any atom is 0.356 e. The zero-order valence-electron chi connectivity index (χ0n) is 19.0. The van der Waals surface area contributed by atoms with Crippen molar-refractivity contribution in [2.45, 2.75) is 70.9 Å². The Morgan fingerprint density at radius 3 is 2.59 bits per heavy atom.